The summed E-state index contributed by atoms with van der Waals surface area (Å²) >= 11 is 0. The molecule has 1 aromatic carbocycles. The molecule has 0 aliphatic carbocycles. The van der Waals surface area contributed by atoms with Crippen LogP contribution < -0.4 is 0 Å². The SMILES string of the molecule is Cc1cncc2c1c(CC1CN(CC3CCOCC3)C1)cn2-c1ccc(F)cc1C(=O)N1CCC(O)C1(C)C. The van der Waals surface area contributed by atoms with E-state index in [1.165, 1.54) is 17.7 Å². The van der Waals surface area contributed by atoms with Crippen molar-refractivity contribution >= 4 is 16.8 Å². The number of nitrogens with zero attached hydrogens (tertiary/aromatic N) is 4. The van der Waals surface area contributed by atoms with Crippen molar-refractivity contribution in [1.82, 2.24) is 19.4 Å². The van der Waals surface area contributed by atoms with Crippen LogP contribution in [0.15, 0.2) is 36.8 Å². The summed E-state index contributed by atoms with van der Waals surface area (Å²) in [5.41, 5.74) is 3.47. The Kier molecular flexibility index (Phi) is 6.98. The molecule has 1 atom stereocenters. The van der Waals surface area contributed by atoms with Crippen molar-refractivity contribution in [3.63, 3.8) is 0 Å². The van der Waals surface area contributed by atoms with Gasteiger partial charge in [-0.05, 0) is 87.6 Å². The number of aromatic nitrogens is 2. The van der Waals surface area contributed by atoms with Gasteiger partial charge in [0.1, 0.15) is 5.82 Å². The topological polar surface area (TPSA) is 70.8 Å². The lowest BCUT2D eigenvalue weighted by Gasteiger charge is -2.42. The predicted molar refractivity (Wildman–Crippen MR) is 149 cm³/mol. The number of benzene rings is 1. The summed E-state index contributed by atoms with van der Waals surface area (Å²) in [4.78, 5) is 22.5. The minimum absolute atomic E-state index is 0.266. The van der Waals surface area contributed by atoms with Crippen molar-refractivity contribution in [3.05, 3.63) is 59.3 Å². The van der Waals surface area contributed by atoms with E-state index in [1.807, 2.05) is 30.8 Å². The van der Waals surface area contributed by atoms with E-state index in [0.717, 1.165) is 74.5 Å². The van der Waals surface area contributed by atoms with Crippen LogP contribution in [0.2, 0.25) is 0 Å². The summed E-state index contributed by atoms with van der Waals surface area (Å²) in [5, 5.41) is 11.6. The third-order valence-corrected chi connectivity index (χ3v) is 9.21. The van der Waals surface area contributed by atoms with Crippen LogP contribution in [0.4, 0.5) is 4.39 Å². The van der Waals surface area contributed by atoms with Crippen molar-refractivity contribution in [3.8, 4) is 5.69 Å². The number of aliphatic hydroxyl groups excluding tert-OH is 1. The van der Waals surface area contributed by atoms with Gasteiger partial charge in [-0.15, -0.1) is 0 Å². The summed E-state index contributed by atoms with van der Waals surface area (Å²) in [6, 6.07) is 4.42. The first-order chi connectivity index (χ1) is 18.7. The van der Waals surface area contributed by atoms with E-state index in [1.54, 1.807) is 11.0 Å². The first kappa shape index (κ1) is 26.4. The molecule has 3 fully saturated rings. The van der Waals surface area contributed by atoms with Crippen LogP contribution in [0.25, 0.3) is 16.6 Å². The molecule has 3 saturated heterocycles. The summed E-state index contributed by atoms with van der Waals surface area (Å²) in [6.07, 6.45) is 9.02. The number of fused-ring (bicyclic) bond motifs is 1. The fourth-order valence-corrected chi connectivity index (χ4v) is 6.83. The molecule has 3 aromatic rings. The number of aliphatic hydroxyl groups is 1. The van der Waals surface area contributed by atoms with Crippen LogP contribution in [0.1, 0.15) is 54.6 Å². The molecule has 2 aromatic heterocycles. The Labute approximate surface area is 229 Å². The minimum atomic E-state index is -0.719. The van der Waals surface area contributed by atoms with E-state index >= 15 is 0 Å². The van der Waals surface area contributed by atoms with E-state index in [0.29, 0.717) is 30.1 Å². The lowest BCUT2D eigenvalue weighted by molar-refractivity contribution is 0.0254. The number of amides is 1. The average molecular weight is 535 g/mol. The molecule has 3 aliphatic rings. The highest BCUT2D eigenvalue weighted by Gasteiger charge is 2.43. The number of pyridine rings is 1. The van der Waals surface area contributed by atoms with Crippen LogP contribution in [-0.2, 0) is 11.2 Å². The number of hydrogen-bond donors (Lipinski definition) is 1. The summed E-state index contributed by atoms with van der Waals surface area (Å²) in [6.45, 7) is 11.4. The molecule has 6 rings (SSSR count). The van der Waals surface area contributed by atoms with Crippen molar-refractivity contribution in [2.45, 2.75) is 58.1 Å². The highest BCUT2D eigenvalue weighted by molar-refractivity contribution is 6.00. The van der Waals surface area contributed by atoms with Crippen LogP contribution in [-0.4, -0.2) is 81.4 Å². The molecule has 8 heteroatoms. The second-order valence-electron chi connectivity index (χ2n) is 12.3. The van der Waals surface area contributed by atoms with Gasteiger partial charge in [0.05, 0.1) is 34.6 Å². The molecule has 5 heterocycles. The second kappa shape index (κ2) is 10.3. The van der Waals surface area contributed by atoms with Gasteiger partial charge in [-0.2, -0.15) is 0 Å². The van der Waals surface area contributed by atoms with Gasteiger partial charge in [0.2, 0.25) is 0 Å². The van der Waals surface area contributed by atoms with Gasteiger partial charge in [0.25, 0.3) is 5.91 Å². The maximum absolute atomic E-state index is 14.5. The maximum atomic E-state index is 14.5. The van der Waals surface area contributed by atoms with Gasteiger partial charge in [-0.25, -0.2) is 4.39 Å². The average Bonchev–Trinajstić information content (AvgIpc) is 3.39. The van der Waals surface area contributed by atoms with Gasteiger partial charge in [-0.1, -0.05) is 0 Å². The molecule has 3 aliphatic heterocycles. The third-order valence-electron chi connectivity index (χ3n) is 9.21. The Morgan fingerprint density at radius 3 is 2.64 bits per heavy atom. The zero-order valence-corrected chi connectivity index (χ0v) is 23.2. The molecule has 208 valence electrons. The first-order valence-corrected chi connectivity index (χ1v) is 14.3. The third kappa shape index (κ3) is 4.87. The van der Waals surface area contributed by atoms with E-state index in [-0.39, 0.29) is 5.91 Å². The van der Waals surface area contributed by atoms with Crippen LogP contribution in [0.5, 0.6) is 0 Å². The lowest BCUT2D eigenvalue weighted by atomic mass is 9.89. The number of carbonyl (C=O) groups is 1. The molecule has 1 unspecified atom stereocenters. The molecule has 0 radical (unpaired) electrons. The van der Waals surface area contributed by atoms with Crippen molar-refractivity contribution in [2.75, 3.05) is 39.4 Å². The van der Waals surface area contributed by atoms with Crippen molar-refractivity contribution < 1.29 is 19.0 Å². The number of rotatable bonds is 6. The minimum Gasteiger partial charge on any atom is -0.391 e. The molecule has 0 saturated carbocycles. The largest absolute Gasteiger partial charge is 0.391 e. The standard InChI is InChI=1S/C31H39FN4O3/c1-20-14-33-15-27-29(20)23(12-22-17-34(18-22)16-21-7-10-39-11-8-21)19-35(27)26-5-4-24(32)13-25(26)30(38)36-9-6-28(37)31(36,2)3/h4-5,13-15,19,21-22,28,37H,6-12,16-18H2,1-3H3. The van der Waals surface area contributed by atoms with Gasteiger partial charge >= 0.3 is 0 Å². The normalized spacial score (nSPS) is 22.5. The highest BCUT2D eigenvalue weighted by Crippen LogP contribution is 2.35. The Balaban J connectivity index is 1.30. The Bertz CT molecular complexity index is 1370. The summed E-state index contributed by atoms with van der Waals surface area (Å²) < 4.78 is 22.1. The molecule has 39 heavy (non-hydrogen) atoms. The number of likely N-dealkylation sites (tertiary alicyclic amines) is 2. The zero-order chi connectivity index (χ0) is 27.3. The van der Waals surface area contributed by atoms with E-state index in [9.17, 15) is 14.3 Å². The van der Waals surface area contributed by atoms with Crippen molar-refractivity contribution in [1.29, 1.82) is 0 Å². The van der Waals surface area contributed by atoms with E-state index < -0.39 is 17.5 Å². The fraction of sp³-hybridized carbons (Fsp3) is 0.548. The Morgan fingerprint density at radius 2 is 1.92 bits per heavy atom. The molecular formula is C31H39FN4O3. The summed E-state index contributed by atoms with van der Waals surface area (Å²) in [7, 11) is 0. The van der Waals surface area contributed by atoms with E-state index in [4.69, 9.17) is 4.74 Å². The van der Waals surface area contributed by atoms with Crippen LogP contribution in [0, 0.1) is 24.6 Å². The molecule has 0 spiro atoms. The molecule has 1 N–H and O–H groups in total. The zero-order valence-electron chi connectivity index (χ0n) is 23.2. The van der Waals surface area contributed by atoms with Gasteiger partial charge in [0.15, 0.2) is 0 Å². The maximum Gasteiger partial charge on any atom is 0.256 e. The molecular weight excluding hydrogens is 495 g/mol. The van der Waals surface area contributed by atoms with E-state index in [2.05, 4.69) is 23.0 Å². The smallest absolute Gasteiger partial charge is 0.256 e. The first-order valence-electron chi connectivity index (χ1n) is 14.3. The Morgan fingerprint density at radius 1 is 1.15 bits per heavy atom. The van der Waals surface area contributed by atoms with Crippen LogP contribution >= 0.6 is 0 Å². The predicted octanol–water partition coefficient (Wildman–Crippen LogP) is 4.36. The number of carbonyl (C=O) groups excluding carboxylic acids is 1. The number of halogens is 1. The summed E-state index contributed by atoms with van der Waals surface area (Å²) in [5.74, 6) is 0.603. The van der Waals surface area contributed by atoms with Gasteiger partial charge < -0.3 is 24.2 Å². The number of ether oxygens (including phenoxy) is 1. The molecule has 0 bridgehead atoms. The van der Waals surface area contributed by atoms with Crippen molar-refractivity contribution in [2.24, 2.45) is 11.8 Å². The lowest BCUT2D eigenvalue weighted by Crippen LogP contribution is -2.49. The van der Waals surface area contributed by atoms with Gasteiger partial charge in [0, 0.05) is 57.2 Å². The highest BCUT2D eigenvalue weighted by atomic mass is 19.1. The Hall–Kier alpha value is -2.81. The molecule has 1 amide bonds. The molecule has 7 nitrogen and oxygen atoms in total. The number of hydrogen-bond acceptors (Lipinski definition) is 5. The fourth-order valence-electron chi connectivity index (χ4n) is 6.83. The van der Waals surface area contributed by atoms with Crippen LogP contribution in [0.3, 0.4) is 0 Å². The number of aryl methyl sites for hydroxylation is 1. The quantitative estimate of drug-likeness (QED) is 0.509. The monoisotopic (exact) mass is 534 g/mol. The second-order valence-corrected chi connectivity index (χ2v) is 12.3. The van der Waals surface area contributed by atoms with Gasteiger partial charge in [-0.3, -0.25) is 9.78 Å².